The third-order valence-corrected chi connectivity index (χ3v) is 3.59. The van der Waals surface area contributed by atoms with Gasteiger partial charge < -0.3 is 10.2 Å². The van der Waals surface area contributed by atoms with Crippen molar-refractivity contribution in [3.63, 3.8) is 0 Å². The van der Waals surface area contributed by atoms with Crippen molar-refractivity contribution in [1.29, 1.82) is 0 Å². The predicted molar refractivity (Wildman–Crippen MR) is 59.0 cm³/mol. The lowest BCUT2D eigenvalue weighted by atomic mass is 9.74. The molecule has 2 aliphatic heterocycles. The second kappa shape index (κ2) is 3.38. The van der Waals surface area contributed by atoms with Gasteiger partial charge >= 0.3 is 6.18 Å². The van der Waals surface area contributed by atoms with Crippen LogP contribution in [0.4, 0.5) is 18.9 Å². The van der Waals surface area contributed by atoms with Crippen molar-refractivity contribution in [2.24, 2.45) is 5.41 Å². The molecular formula is C12H13F3N2. The molecule has 92 valence electrons. The highest BCUT2D eigenvalue weighted by molar-refractivity contribution is 5.52. The number of anilines is 1. The van der Waals surface area contributed by atoms with Crippen LogP contribution in [0.1, 0.15) is 5.56 Å². The average molecular weight is 242 g/mol. The highest BCUT2D eigenvalue weighted by Gasteiger charge is 2.47. The lowest BCUT2D eigenvalue weighted by Crippen LogP contribution is -2.71. The fraction of sp³-hybridized carbons (Fsp3) is 0.500. The molecule has 0 amide bonds. The number of halogens is 3. The summed E-state index contributed by atoms with van der Waals surface area (Å²) in [5.74, 6) is 0. The van der Waals surface area contributed by atoms with Gasteiger partial charge in [0, 0.05) is 37.3 Å². The Balaban J connectivity index is 1.76. The Hall–Kier alpha value is -1.23. The fourth-order valence-electron chi connectivity index (χ4n) is 2.53. The molecule has 1 N–H and O–H groups in total. The maximum atomic E-state index is 12.6. The molecule has 0 atom stereocenters. The van der Waals surface area contributed by atoms with E-state index >= 15 is 0 Å². The Kier molecular flexibility index (Phi) is 2.17. The Morgan fingerprint density at radius 3 is 2.41 bits per heavy atom. The molecule has 1 aromatic carbocycles. The number of alkyl halides is 3. The van der Waals surface area contributed by atoms with E-state index in [1.54, 1.807) is 6.07 Å². The molecule has 1 spiro atoms. The minimum absolute atomic E-state index is 0.328. The molecule has 0 unspecified atom stereocenters. The third-order valence-electron chi connectivity index (χ3n) is 3.59. The number of nitrogens with zero attached hydrogens (tertiary/aromatic N) is 1. The van der Waals surface area contributed by atoms with Crippen LogP contribution in [0.2, 0.25) is 0 Å². The van der Waals surface area contributed by atoms with Crippen molar-refractivity contribution in [2.45, 2.75) is 6.18 Å². The third kappa shape index (κ3) is 1.78. The molecule has 2 heterocycles. The van der Waals surface area contributed by atoms with Crippen molar-refractivity contribution < 1.29 is 13.2 Å². The van der Waals surface area contributed by atoms with E-state index in [-0.39, 0.29) is 0 Å². The van der Waals surface area contributed by atoms with Gasteiger partial charge in [0.25, 0.3) is 0 Å². The minimum Gasteiger partial charge on any atom is -0.370 e. The molecule has 0 bridgehead atoms. The second-order valence-electron chi connectivity index (χ2n) is 5.01. The van der Waals surface area contributed by atoms with Gasteiger partial charge in [0.2, 0.25) is 0 Å². The SMILES string of the molecule is FC(F)(F)c1cccc(N2CC3(CNC3)C2)c1. The number of hydrogen-bond acceptors (Lipinski definition) is 2. The van der Waals surface area contributed by atoms with Crippen LogP contribution < -0.4 is 10.2 Å². The summed E-state index contributed by atoms with van der Waals surface area (Å²) in [6.07, 6.45) is -4.25. The summed E-state index contributed by atoms with van der Waals surface area (Å²) < 4.78 is 37.7. The molecule has 2 aliphatic rings. The van der Waals surface area contributed by atoms with E-state index in [4.69, 9.17) is 0 Å². The lowest BCUT2D eigenvalue weighted by molar-refractivity contribution is -0.137. The maximum absolute atomic E-state index is 12.6. The van der Waals surface area contributed by atoms with Crippen LogP contribution in [0.15, 0.2) is 24.3 Å². The largest absolute Gasteiger partial charge is 0.416 e. The summed E-state index contributed by atoms with van der Waals surface area (Å²) in [6.45, 7) is 3.70. The van der Waals surface area contributed by atoms with Gasteiger partial charge in [-0.25, -0.2) is 0 Å². The molecule has 2 nitrogen and oxygen atoms in total. The molecule has 0 radical (unpaired) electrons. The first kappa shape index (κ1) is 10.9. The average Bonchev–Trinajstić information content (AvgIpc) is 2.12. The monoisotopic (exact) mass is 242 g/mol. The van der Waals surface area contributed by atoms with Crippen molar-refractivity contribution in [3.05, 3.63) is 29.8 Å². The molecule has 0 saturated carbocycles. The van der Waals surface area contributed by atoms with E-state index in [0.717, 1.165) is 32.2 Å². The highest BCUT2D eigenvalue weighted by atomic mass is 19.4. The van der Waals surface area contributed by atoms with E-state index in [9.17, 15) is 13.2 Å². The molecule has 0 aromatic heterocycles. The van der Waals surface area contributed by atoms with Gasteiger partial charge in [0.15, 0.2) is 0 Å². The Bertz CT molecular complexity index is 430. The zero-order chi connectivity index (χ0) is 12.1. The molecule has 3 rings (SSSR count). The first-order chi connectivity index (χ1) is 7.99. The van der Waals surface area contributed by atoms with E-state index < -0.39 is 11.7 Å². The van der Waals surface area contributed by atoms with Gasteiger partial charge in [-0.1, -0.05) is 6.07 Å². The fourth-order valence-corrected chi connectivity index (χ4v) is 2.53. The van der Waals surface area contributed by atoms with Crippen molar-refractivity contribution >= 4 is 5.69 Å². The van der Waals surface area contributed by atoms with E-state index in [2.05, 4.69) is 5.32 Å². The van der Waals surface area contributed by atoms with Crippen molar-refractivity contribution in [1.82, 2.24) is 5.32 Å². The number of nitrogens with one attached hydrogen (secondary N) is 1. The molecule has 2 fully saturated rings. The van der Waals surface area contributed by atoms with Gasteiger partial charge in [-0.3, -0.25) is 0 Å². The van der Waals surface area contributed by atoms with Crippen LogP contribution >= 0.6 is 0 Å². The topological polar surface area (TPSA) is 15.3 Å². The second-order valence-corrected chi connectivity index (χ2v) is 5.01. The first-order valence-corrected chi connectivity index (χ1v) is 5.62. The van der Waals surface area contributed by atoms with Gasteiger partial charge in [-0.2, -0.15) is 13.2 Å². The molecule has 0 aliphatic carbocycles. The molecule has 1 aromatic rings. The number of benzene rings is 1. The van der Waals surface area contributed by atoms with Crippen LogP contribution in [0.25, 0.3) is 0 Å². The highest BCUT2D eigenvalue weighted by Crippen LogP contribution is 2.39. The summed E-state index contributed by atoms with van der Waals surface area (Å²) in [5, 5.41) is 3.20. The summed E-state index contributed by atoms with van der Waals surface area (Å²) >= 11 is 0. The summed E-state index contributed by atoms with van der Waals surface area (Å²) in [6, 6.07) is 5.57. The molecule has 5 heteroatoms. The number of hydrogen-bond donors (Lipinski definition) is 1. The van der Waals surface area contributed by atoms with Crippen molar-refractivity contribution in [3.8, 4) is 0 Å². The van der Waals surface area contributed by atoms with E-state index in [1.165, 1.54) is 12.1 Å². The Morgan fingerprint density at radius 2 is 1.88 bits per heavy atom. The zero-order valence-electron chi connectivity index (χ0n) is 9.22. The first-order valence-electron chi connectivity index (χ1n) is 5.62. The summed E-state index contributed by atoms with van der Waals surface area (Å²) in [5.41, 5.74) is 0.439. The van der Waals surface area contributed by atoms with E-state index in [0.29, 0.717) is 11.1 Å². The van der Waals surface area contributed by atoms with Gasteiger partial charge in [-0.05, 0) is 18.2 Å². The quantitative estimate of drug-likeness (QED) is 0.811. The minimum atomic E-state index is -4.25. The Morgan fingerprint density at radius 1 is 1.18 bits per heavy atom. The number of rotatable bonds is 1. The summed E-state index contributed by atoms with van der Waals surface area (Å²) in [7, 11) is 0. The van der Waals surface area contributed by atoms with E-state index in [1.807, 2.05) is 4.90 Å². The normalized spacial score (nSPS) is 22.2. The van der Waals surface area contributed by atoms with Crippen LogP contribution in [0, 0.1) is 5.41 Å². The van der Waals surface area contributed by atoms with Crippen LogP contribution in [0.5, 0.6) is 0 Å². The molecule has 2 saturated heterocycles. The van der Waals surface area contributed by atoms with Crippen LogP contribution in [-0.4, -0.2) is 26.2 Å². The zero-order valence-corrected chi connectivity index (χ0v) is 9.22. The smallest absolute Gasteiger partial charge is 0.370 e. The summed E-state index contributed by atoms with van der Waals surface area (Å²) in [4.78, 5) is 2.01. The van der Waals surface area contributed by atoms with Gasteiger partial charge in [0.05, 0.1) is 5.56 Å². The molecule has 17 heavy (non-hydrogen) atoms. The lowest BCUT2D eigenvalue weighted by Gasteiger charge is -2.57. The Labute approximate surface area is 97.4 Å². The maximum Gasteiger partial charge on any atom is 0.416 e. The van der Waals surface area contributed by atoms with Crippen LogP contribution in [0.3, 0.4) is 0 Å². The van der Waals surface area contributed by atoms with Crippen molar-refractivity contribution in [2.75, 3.05) is 31.1 Å². The van der Waals surface area contributed by atoms with Crippen LogP contribution in [-0.2, 0) is 6.18 Å². The molecular weight excluding hydrogens is 229 g/mol. The van der Waals surface area contributed by atoms with Gasteiger partial charge in [0.1, 0.15) is 0 Å². The predicted octanol–water partition coefficient (Wildman–Crippen LogP) is 2.11. The van der Waals surface area contributed by atoms with Gasteiger partial charge in [-0.15, -0.1) is 0 Å². The standard InChI is InChI=1S/C12H13F3N2/c13-12(14,15)9-2-1-3-10(4-9)17-7-11(8-17)5-16-6-11/h1-4,16H,5-8H2.